The quantitative estimate of drug-likeness (QED) is 0.0785. The zero-order valence-electron chi connectivity index (χ0n) is 42.3. The van der Waals surface area contributed by atoms with Gasteiger partial charge in [-0.1, -0.05) is 32.4 Å². The average molecular weight is 1050 g/mol. The third kappa shape index (κ3) is 10.2. The molecule has 73 heavy (non-hydrogen) atoms. The minimum Gasteiger partial charge on any atom is -0.494 e. The fraction of sp³-hybridized carbons (Fsp3) is 0.922. The Labute approximate surface area is 425 Å². The molecule has 29 atom stereocenters. The highest BCUT2D eigenvalue weighted by Crippen LogP contribution is 2.69. The molecule has 3 saturated carbocycles. The number of aliphatic hydroxyl groups is 13. The molecule has 13 N–H and O–H groups in total. The van der Waals surface area contributed by atoms with Crippen molar-refractivity contribution in [3.63, 3.8) is 0 Å². The van der Waals surface area contributed by atoms with Gasteiger partial charge in [0, 0.05) is 12.3 Å². The first-order valence-corrected chi connectivity index (χ1v) is 26.5. The maximum absolute atomic E-state index is 12.1. The second kappa shape index (κ2) is 22.3. The van der Waals surface area contributed by atoms with Crippen molar-refractivity contribution in [1.82, 2.24) is 0 Å². The molecular weight excluding hydrogens is 965 g/mol. The van der Waals surface area contributed by atoms with Gasteiger partial charge in [0.2, 0.25) is 0 Å². The number of allylic oxidation sites excluding steroid dienone is 2. The minimum absolute atomic E-state index is 0.0564. The van der Waals surface area contributed by atoms with E-state index in [4.69, 9.17) is 42.6 Å². The highest BCUT2D eigenvalue weighted by atomic mass is 16.8. The summed E-state index contributed by atoms with van der Waals surface area (Å²) in [6.07, 6.45) is -20.5. The van der Waals surface area contributed by atoms with Gasteiger partial charge >= 0.3 is 0 Å². The van der Waals surface area contributed by atoms with Crippen LogP contribution in [-0.2, 0) is 42.6 Å². The number of fused-ring (bicyclic) bond motifs is 7. The number of hydrogen-bond donors (Lipinski definition) is 13. The molecule has 0 aromatic rings. The number of rotatable bonds is 15. The Morgan fingerprint density at radius 1 is 0.644 bits per heavy atom. The lowest BCUT2D eigenvalue weighted by molar-refractivity contribution is -0.389. The first-order valence-electron chi connectivity index (χ1n) is 26.5. The lowest BCUT2D eigenvalue weighted by Crippen LogP contribution is -2.67. The molecule has 9 rings (SSSR count). The molecule has 0 aromatic carbocycles. The minimum atomic E-state index is -1.84. The van der Waals surface area contributed by atoms with Gasteiger partial charge in [0.15, 0.2) is 25.2 Å². The largest absolute Gasteiger partial charge is 0.494 e. The molecule has 0 spiro atoms. The van der Waals surface area contributed by atoms with Crippen LogP contribution >= 0.6 is 0 Å². The van der Waals surface area contributed by atoms with E-state index in [-0.39, 0.29) is 29.5 Å². The van der Waals surface area contributed by atoms with Crippen molar-refractivity contribution in [3.05, 3.63) is 23.0 Å². The molecular formula is C51H82O22. The van der Waals surface area contributed by atoms with Crippen molar-refractivity contribution in [2.75, 3.05) is 26.4 Å². The fourth-order valence-electron chi connectivity index (χ4n) is 14.5. The second-order valence-corrected chi connectivity index (χ2v) is 23.3. The SMILES string of the molecule is CC1=C(CC[C@H](C)CO[C@@H]2O[C@H](CO)[C@@H](O)[C@H](O)[C@H]2O)O[C@H]2C[C@H]3[C@@H]4CC=C5C[C@@H](O[C@@H]6O[C@H](CO)[C@@H](O[C@@H]7O[C@H](CO)[C@@H](O)[C@H](O)[C@H]7O)[C@H](O)[C@H]6O[C@@H]6O[C@@H](C)[C@H](O)[C@@H](O)[C@H]6O)CC[C@]5(C)[C@H]4CC[C@]3(C)[C@@H]12. The molecule has 0 radical (unpaired) electrons. The predicted molar refractivity (Wildman–Crippen MR) is 249 cm³/mol. The summed E-state index contributed by atoms with van der Waals surface area (Å²) in [6, 6.07) is 0. The Morgan fingerprint density at radius 2 is 1.23 bits per heavy atom. The van der Waals surface area contributed by atoms with Gasteiger partial charge in [0.25, 0.3) is 0 Å². The molecule has 7 fully saturated rings. The monoisotopic (exact) mass is 1050 g/mol. The van der Waals surface area contributed by atoms with Crippen LogP contribution in [0.4, 0.5) is 0 Å². The maximum Gasteiger partial charge on any atom is 0.187 e. The lowest BCUT2D eigenvalue weighted by atomic mass is 9.47. The van der Waals surface area contributed by atoms with E-state index in [0.29, 0.717) is 36.5 Å². The van der Waals surface area contributed by atoms with Crippen LogP contribution in [0.2, 0.25) is 0 Å². The van der Waals surface area contributed by atoms with Gasteiger partial charge < -0.3 is 109 Å². The van der Waals surface area contributed by atoms with Crippen LogP contribution in [-0.4, -0.2) is 228 Å². The molecule has 5 heterocycles. The molecule has 5 aliphatic heterocycles. The third-order valence-electron chi connectivity index (χ3n) is 18.9. The Bertz CT molecular complexity index is 1940. The molecule has 22 heteroatoms. The van der Waals surface area contributed by atoms with Crippen LogP contribution < -0.4 is 0 Å². The first kappa shape index (κ1) is 56.2. The van der Waals surface area contributed by atoms with Crippen molar-refractivity contribution in [2.24, 2.45) is 40.4 Å². The van der Waals surface area contributed by atoms with Crippen LogP contribution in [0.3, 0.4) is 0 Å². The Balaban J connectivity index is 0.852. The van der Waals surface area contributed by atoms with Gasteiger partial charge in [-0.25, -0.2) is 0 Å². The molecule has 0 bridgehead atoms. The van der Waals surface area contributed by atoms with Crippen molar-refractivity contribution in [2.45, 2.75) is 227 Å². The summed E-state index contributed by atoms with van der Waals surface area (Å²) >= 11 is 0. The van der Waals surface area contributed by atoms with Gasteiger partial charge in [-0.05, 0) is 105 Å². The van der Waals surface area contributed by atoms with E-state index >= 15 is 0 Å². The topological polar surface area (TPSA) is 346 Å². The summed E-state index contributed by atoms with van der Waals surface area (Å²) in [6.45, 7) is 8.81. The van der Waals surface area contributed by atoms with Crippen LogP contribution in [0.15, 0.2) is 23.0 Å². The van der Waals surface area contributed by atoms with Gasteiger partial charge in [-0.15, -0.1) is 0 Å². The standard InChI is InChI=1S/C51H82O22/c1-20(19-65-46-40(61)38(59)35(56)30(16-52)69-46)6-9-28-21(2)33-29(68-28)15-27-25-8-7-23-14-24(10-12-50(23,4)26(25)11-13-51(27,33)5)67-49-45(73-47-41(62)37(58)34(55)22(3)66-47)43(64)44(32(18-54)71-49)72-48-42(63)39(60)36(57)31(17-53)70-48/h7,20,22,24-27,29-49,52-64H,6,8-19H2,1-5H3/t20-,22-,24-,25+,26-,27-,29-,30+,31+,32+,33-,34-,35+,36+,37+,38-,39-,40+,41+,42+,43-,44+,45+,46+,47-,48-,49+,50-,51-/m0/s1. The average Bonchev–Trinajstić information content (AvgIpc) is 3.86. The van der Waals surface area contributed by atoms with E-state index in [9.17, 15) is 66.4 Å². The van der Waals surface area contributed by atoms with Gasteiger partial charge in [-0.3, -0.25) is 0 Å². The Kier molecular flexibility index (Phi) is 17.2. The Morgan fingerprint density at radius 3 is 1.89 bits per heavy atom. The van der Waals surface area contributed by atoms with Crippen LogP contribution in [0.1, 0.15) is 92.4 Å². The molecule has 22 nitrogen and oxygen atoms in total. The molecule has 0 amide bonds. The molecule has 0 aromatic heterocycles. The maximum atomic E-state index is 12.1. The summed E-state index contributed by atoms with van der Waals surface area (Å²) in [5.41, 5.74) is 2.53. The fourth-order valence-corrected chi connectivity index (χ4v) is 14.5. The van der Waals surface area contributed by atoms with Gasteiger partial charge in [0.1, 0.15) is 97.7 Å². The number of ether oxygens (including phenoxy) is 9. The summed E-state index contributed by atoms with van der Waals surface area (Å²) in [7, 11) is 0. The molecule has 9 aliphatic rings. The smallest absolute Gasteiger partial charge is 0.187 e. The summed E-state index contributed by atoms with van der Waals surface area (Å²) in [4.78, 5) is 0. The summed E-state index contributed by atoms with van der Waals surface area (Å²) < 4.78 is 54.6. The second-order valence-electron chi connectivity index (χ2n) is 23.3. The predicted octanol–water partition coefficient (Wildman–Crippen LogP) is -2.06. The van der Waals surface area contributed by atoms with Crippen molar-refractivity contribution in [3.8, 4) is 0 Å². The molecule has 4 aliphatic carbocycles. The summed E-state index contributed by atoms with van der Waals surface area (Å²) in [5, 5.41) is 136. The number of hydrogen-bond acceptors (Lipinski definition) is 22. The highest BCUT2D eigenvalue weighted by molar-refractivity contribution is 5.30. The lowest BCUT2D eigenvalue weighted by Gasteiger charge is -2.58. The third-order valence-corrected chi connectivity index (χ3v) is 18.9. The Hall–Kier alpha value is -1.56. The van der Waals surface area contributed by atoms with Crippen LogP contribution in [0.25, 0.3) is 0 Å². The zero-order chi connectivity index (χ0) is 52.6. The van der Waals surface area contributed by atoms with Gasteiger partial charge in [-0.2, -0.15) is 0 Å². The first-order chi connectivity index (χ1) is 34.6. The van der Waals surface area contributed by atoms with Crippen LogP contribution in [0, 0.1) is 40.4 Å². The van der Waals surface area contributed by atoms with Crippen molar-refractivity contribution < 1.29 is 109 Å². The highest BCUT2D eigenvalue weighted by Gasteiger charge is 2.64. The van der Waals surface area contributed by atoms with E-state index in [1.807, 2.05) is 6.92 Å². The van der Waals surface area contributed by atoms with E-state index in [2.05, 4.69) is 26.8 Å². The number of aliphatic hydroxyl groups excluding tert-OH is 13. The molecule has 0 unspecified atom stereocenters. The summed E-state index contributed by atoms with van der Waals surface area (Å²) in [5.74, 6) is 2.73. The van der Waals surface area contributed by atoms with E-state index in [0.717, 1.165) is 50.7 Å². The van der Waals surface area contributed by atoms with Crippen molar-refractivity contribution in [1.29, 1.82) is 0 Å². The molecule has 418 valence electrons. The zero-order valence-corrected chi connectivity index (χ0v) is 42.3. The van der Waals surface area contributed by atoms with Crippen LogP contribution in [0.5, 0.6) is 0 Å². The van der Waals surface area contributed by atoms with E-state index in [1.54, 1.807) is 0 Å². The molecule has 4 saturated heterocycles. The normalized spacial score (nSPS) is 52.4. The van der Waals surface area contributed by atoms with Crippen molar-refractivity contribution >= 4 is 0 Å². The van der Waals surface area contributed by atoms with E-state index in [1.165, 1.54) is 18.1 Å². The van der Waals surface area contributed by atoms with Gasteiger partial charge in [0.05, 0.1) is 44.4 Å². The van der Waals surface area contributed by atoms with E-state index < -0.39 is 149 Å².